The molecule has 3 aromatic rings. The van der Waals surface area contributed by atoms with Crippen LogP contribution in [0.3, 0.4) is 0 Å². The van der Waals surface area contributed by atoms with E-state index in [1.54, 1.807) is 6.20 Å². The van der Waals surface area contributed by atoms with E-state index in [0.29, 0.717) is 19.6 Å². The van der Waals surface area contributed by atoms with Gasteiger partial charge in [0.1, 0.15) is 6.61 Å². The molecule has 6 heteroatoms. The van der Waals surface area contributed by atoms with Crippen LogP contribution in [0.2, 0.25) is 0 Å². The number of benzene rings is 2. The van der Waals surface area contributed by atoms with E-state index in [1.165, 1.54) is 22.3 Å². The molecule has 3 N–H and O–H groups in total. The monoisotopic (exact) mass is 400 g/mol. The Balaban J connectivity index is 1.28. The number of fused-ring (bicyclic) bond motifs is 3. The van der Waals surface area contributed by atoms with Crippen LogP contribution in [0.1, 0.15) is 34.7 Å². The zero-order valence-corrected chi connectivity index (χ0v) is 16.8. The molecule has 0 atom stereocenters. The first-order chi connectivity index (χ1) is 14.6. The number of carbonyl (C=O) groups excluding carboxylic acids is 1. The van der Waals surface area contributed by atoms with Crippen LogP contribution < -0.4 is 11.1 Å². The third kappa shape index (κ3) is 4.17. The molecule has 0 saturated carbocycles. The molecule has 0 aliphatic heterocycles. The minimum Gasteiger partial charge on any atom is -0.449 e. The van der Waals surface area contributed by atoms with E-state index in [2.05, 4.69) is 39.6 Å². The summed E-state index contributed by atoms with van der Waals surface area (Å²) in [4.78, 5) is 20.3. The number of aryl methyl sites for hydroxylation is 1. The predicted molar refractivity (Wildman–Crippen MR) is 118 cm³/mol. The second kappa shape index (κ2) is 8.78. The van der Waals surface area contributed by atoms with Crippen LogP contribution in [0.25, 0.3) is 17.2 Å². The van der Waals surface area contributed by atoms with E-state index in [4.69, 9.17) is 10.5 Å². The summed E-state index contributed by atoms with van der Waals surface area (Å²) in [5.74, 6) is 0.332. The summed E-state index contributed by atoms with van der Waals surface area (Å²) in [5.41, 5.74) is 12.1. The standard InChI is InChI=1S/C24H24N4O2/c1-16-17(14-27-23(25)28-16)8-6-7-13-26-24(29)30-15-22-20-11-4-2-9-18(20)19-10-3-5-12-21(19)22/h2-6,8-12,14,22H,7,13,15H2,1H3,(H,26,29)(H2,25,27,28). The Morgan fingerprint density at radius 3 is 2.47 bits per heavy atom. The second-order valence-electron chi connectivity index (χ2n) is 7.21. The van der Waals surface area contributed by atoms with Gasteiger partial charge in [0, 0.05) is 24.2 Å². The van der Waals surface area contributed by atoms with Gasteiger partial charge in [0.15, 0.2) is 0 Å². The molecule has 30 heavy (non-hydrogen) atoms. The highest BCUT2D eigenvalue weighted by molar-refractivity contribution is 5.79. The first-order valence-electron chi connectivity index (χ1n) is 9.98. The fourth-order valence-corrected chi connectivity index (χ4v) is 3.78. The van der Waals surface area contributed by atoms with Crippen molar-refractivity contribution in [1.82, 2.24) is 15.3 Å². The van der Waals surface area contributed by atoms with E-state index < -0.39 is 6.09 Å². The number of carbonyl (C=O) groups is 1. The summed E-state index contributed by atoms with van der Waals surface area (Å²) in [6.07, 6.45) is 5.85. The number of aromatic nitrogens is 2. The SMILES string of the molecule is Cc1nc(N)ncc1C=CCCNC(=O)OCC1c2ccccc2-c2ccccc21. The van der Waals surface area contributed by atoms with Crippen LogP contribution in [0, 0.1) is 6.92 Å². The van der Waals surface area contributed by atoms with Crippen LogP contribution in [-0.4, -0.2) is 29.2 Å². The van der Waals surface area contributed by atoms with Crippen molar-refractivity contribution in [2.75, 3.05) is 18.9 Å². The summed E-state index contributed by atoms with van der Waals surface area (Å²) >= 11 is 0. The van der Waals surface area contributed by atoms with Gasteiger partial charge in [-0.25, -0.2) is 14.8 Å². The molecule has 152 valence electrons. The van der Waals surface area contributed by atoms with E-state index in [-0.39, 0.29) is 11.9 Å². The lowest BCUT2D eigenvalue weighted by Crippen LogP contribution is -2.26. The molecule has 0 unspecified atom stereocenters. The highest BCUT2D eigenvalue weighted by Crippen LogP contribution is 2.44. The number of amides is 1. The fourth-order valence-electron chi connectivity index (χ4n) is 3.78. The van der Waals surface area contributed by atoms with Crippen LogP contribution in [-0.2, 0) is 4.74 Å². The number of nitrogens with zero attached hydrogens (tertiary/aromatic N) is 2. The third-order valence-electron chi connectivity index (χ3n) is 5.26. The Bertz CT molecular complexity index is 1050. The Morgan fingerprint density at radius 2 is 1.80 bits per heavy atom. The van der Waals surface area contributed by atoms with Crippen molar-refractivity contribution in [2.24, 2.45) is 0 Å². The van der Waals surface area contributed by atoms with Crippen LogP contribution in [0.15, 0.2) is 60.8 Å². The minimum absolute atomic E-state index is 0.0662. The summed E-state index contributed by atoms with van der Waals surface area (Å²) in [5, 5.41) is 2.80. The maximum atomic E-state index is 12.2. The number of nitrogen functional groups attached to an aromatic ring is 1. The molecule has 4 rings (SSSR count). The number of anilines is 1. The molecule has 0 radical (unpaired) electrons. The molecule has 2 aromatic carbocycles. The Labute approximate surface area is 175 Å². The van der Waals surface area contributed by atoms with Crippen molar-refractivity contribution in [1.29, 1.82) is 0 Å². The van der Waals surface area contributed by atoms with Crippen molar-refractivity contribution in [2.45, 2.75) is 19.3 Å². The van der Waals surface area contributed by atoms with Gasteiger partial charge in [-0.05, 0) is 35.6 Å². The van der Waals surface area contributed by atoms with E-state index in [1.807, 2.05) is 43.3 Å². The average Bonchev–Trinajstić information content (AvgIpc) is 3.07. The number of ether oxygens (including phenoxy) is 1. The summed E-state index contributed by atoms with van der Waals surface area (Å²) in [6.45, 7) is 2.69. The van der Waals surface area contributed by atoms with Crippen molar-refractivity contribution in [3.05, 3.63) is 83.2 Å². The second-order valence-corrected chi connectivity index (χ2v) is 7.21. The number of rotatable bonds is 6. The first kappa shape index (κ1) is 19.6. The fraction of sp³-hybridized carbons (Fsp3) is 0.208. The summed E-state index contributed by atoms with van der Waals surface area (Å²) < 4.78 is 5.53. The zero-order valence-electron chi connectivity index (χ0n) is 16.8. The van der Waals surface area contributed by atoms with Gasteiger partial charge in [-0.1, -0.05) is 60.7 Å². The molecule has 1 heterocycles. The van der Waals surface area contributed by atoms with Crippen molar-refractivity contribution < 1.29 is 9.53 Å². The van der Waals surface area contributed by atoms with Crippen molar-refractivity contribution in [3.8, 4) is 11.1 Å². The zero-order chi connectivity index (χ0) is 20.9. The predicted octanol–water partition coefficient (Wildman–Crippen LogP) is 4.31. The average molecular weight is 400 g/mol. The topological polar surface area (TPSA) is 90.1 Å². The smallest absolute Gasteiger partial charge is 0.407 e. The van der Waals surface area contributed by atoms with Crippen LogP contribution in [0.5, 0.6) is 0 Å². The number of alkyl carbamates (subject to hydrolysis) is 1. The normalized spacial score (nSPS) is 12.6. The van der Waals surface area contributed by atoms with Gasteiger partial charge in [-0.15, -0.1) is 0 Å². The molecule has 1 amide bonds. The van der Waals surface area contributed by atoms with E-state index >= 15 is 0 Å². The number of hydrogen-bond donors (Lipinski definition) is 2. The summed E-state index contributed by atoms with van der Waals surface area (Å²) in [7, 11) is 0. The van der Waals surface area contributed by atoms with Gasteiger partial charge in [0.25, 0.3) is 0 Å². The van der Waals surface area contributed by atoms with Gasteiger partial charge in [-0.2, -0.15) is 0 Å². The van der Waals surface area contributed by atoms with E-state index in [0.717, 1.165) is 11.3 Å². The molecule has 0 bridgehead atoms. The number of hydrogen-bond acceptors (Lipinski definition) is 5. The van der Waals surface area contributed by atoms with Gasteiger partial charge in [-0.3, -0.25) is 0 Å². The Morgan fingerprint density at radius 1 is 1.13 bits per heavy atom. The minimum atomic E-state index is -0.405. The lowest BCUT2D eigenvalue weighted by Gasteiger charge is -2.14. The quantitative estimate of drug-likeness (QED) is 0.602. The van der Waals surface area contributed by atoms with Gasteiger partial charge >= 0.3 is 6.09 Å². The van der Waals surface area contributed by atoms with Crippen LogP contribution in [0.4, 0.5) is 10.7 Å². The lowest BCUT2D eigenvalue weighted by atomic mass is 9.98. The van der Waals surface area contributed by atoms with Crippen LogP contribution >= 0.6 is 0 Å². The molecule has 1 aliphatic carbocycles. The lowest BCUT2D eigenvalue weighted by molar-refractivity contribution is 0.143. The van der Waals surface area contributed by atoms with Gasteiger partial charge < -0.3 is 15.8 Å². The van der Waals surface area contributed by atoms with Crippen molar-refractivity contribution >= 4 is 18.1 Å². The van der Waals surface area contributed by atoms with E-state index in [9.17, 15) is 4.79 Å². The molecular formula is C24H24N4O2. The highest BCUT2D eigenvalue weighted by atomic mass is 16.5. The molecule has 0 spiro atoms. The van der Waals surface area contributed by atoms with Gasteiger partial charge in [0.2, 0.25) is 5.95 Å². The summed E-state index contributed by atoms with van der Waals surface area (Å²) in [6, 6.07) is 16.6. The first-order valence-corrected chi connectivity index (χ1v) is 9.98. The highest BCUT2D eigenvalue weighted by Gasteiger charge is 2.28. The molecule has 1 aromatic heterocycles. The van der Waals surface area contributed by atoms with Crippen molar-refractivity contribution in [3.63, 3.8) is 0 Å². The Hall–Kier alpha value is -3.67. The number of nitrogens with two attached hydrogens (primary N) is 1. The number of nitrogens with one attached hydrogen (secondary N) is 1. The third-order valence-corrected chi connectivity index (χ3v) is 5.26. The maximum Gasteiger partial charge on any atom is 0.407 e. The molecule has 6 nitrogen and oxygen atoms in total. The Kier molecular flexibility index (Phi) is 5.75. The molecule has 0 fully saturated rings. The molecule has 0 saturated heterocycles. The maximum absolute atomic E-state index is 12.2. The molecule has 1 aliphatic rings. The largest absolute Gasteiger partial charge is 0.449 e. The van der Waals surface area contributed by atoms with Gasteiger partial charge in [0.05, 0.1) is 5.69 Å². The molecular weight excluding hydrogens is 376 g/mol.